The summed E-state index contributed by atoms with van der Waals surface area (Å²) >= 11 is 8.45. The van der Waals surface area contributed by atoms with Gasteiger partial charge in [0.25, 0.3) is 0 Å². The minimum Gasteiger partial charge on any atom is -0.468 e. The summed E-state index contributed by atoms with van der Waals surface area (Å²) in [5.41, 5.74) is 1.73. The first kappa shape index (κ1) is 18.2. The lowest BCUT2D eigenvalue weighted by Gasteiger charge is -2.51. The van der Waals surface area contributed by atoms with Crippen LogP contribution in [0.3, 0.4) is 0 Å². The van der Waals surface area contributed by atoms with E-state index in [2.05, 4.69) is 36.2 Å². The Morgan fingerprint density at radius 2 is 1.88 bits per heavy atom. The van der Waals surface area contributed by atoms with Gasteiger partial charge in [-0.05, 0) is 24.3 Å². The number of fused-ring (bicyclic) bond motifs is 2. The van der Waals surface area contributed by atoms with Crippen LogP contribution in [0, 0.1) is 0 Å². The molecule has 2 bridgehead atoms. The molecule has 2 heterocycles. The van der Waals surface area contributed by atoms with Crippen LogP contribution in [-0.4, -0.2) is 41.1 Å². The second-order valence-corrected chi connectivity index (χ2v) is 8.42. The molecule has 2 unspecified atom stereocenters. The first-order chi connectivity index (χ1) is 11.4. The number of hydrogen-bond acceptors (Lipinski definition) is 2. The Balaban J connectivity index is 2.04. The Kier molecular flexibility index (Phi) is 5.02. The molecule has 3 rings (SSSR count). The Hall–Kier alpha value is -0.590. The van der Waals surface area contributed by atoms with Crippen molar-refractivity contribution in [3.8, 4) is 0 Å². The van der Waals surface area contributed by atoms with Gasteiger partial charge >= 0.3 is 5.97 Å². The summed E-state index contributed by atoms with van der Waals surface area (Å²) in [7, 11) is 3.79. The molecule has 2 aliphatic heterocycles. The highest BCUT2D eigenvalue weighted by atomic mass is 127. The third-order valence-corrected chi connectivity index (χ3v) is 7.46. The van der Waals surface area contributed by atoms with Gasteiger partial charge in [0.15, 0.2) is 0 Å². The fraction of sp³-hybridized carbons (Fsp3) is 0.526. The zero-order valence-electron chi connectivity index (χ0n) is 14.2. The van der Waals surface area contributed by atoms with E-state index < -0.39 is 5.41 Å². The van der Waals surface area contributed by atoms with Gasteiger partial charge in [-0.2, -0.15) is 0 Å². The maximum Gasteiger partial charge on any atom is 0.316 e. The third kappa shape index (κ3) is 2.61. The van der Waals surface area contributed by atoms with Crippen molar-refractivity contribution in [1.82, 2.24) is 0 Å². The van der Waals surface area contributed by atoms with E-state index in [9.17, 15) is 4.79 Å². The Bertz CT molecular complexity index is 644. The molecule has 2 saturated heterocycles. The molecule has 2 fully saturated rings. The van der Waals surface area contributed by atoms with Crippen molar-refractivity contribution >= 4 is 40.2 Å². The zero-order valence-corrected chi connectivity index (χ0v) is 17.1. The number of allylic oxidation sites excluding steroid dienone is 1. The van der Waals surface area contributed by atoms with E-state index >= 15 is 0 Å². The molecule has 0 amide bonds. The van der Waals surface area contributed by atoms with Crippen molar-refractivity contribution in [2.75, 3.05) is 18.6 Å². The molecule has 0 saturated carbocycles. The molecular formula is C19H24ClINO2+. The average molecular weight is 461 g/mol. The maximum atomic E-state index is 12.9. The summed E-state index contributed by atoms with van der Waals surface area (Å²) in [6.45, 7) is 4.34. The Morgan fingerprint density at radius 1 is 1.33 bits per heavy atom. The predicted molar refractivity (Wildman–Crippen MR) is 105 cm³/mol. The van der Waals surface area contributed by atoms with E-state index in [1.54, 1.807) is 0 Å². The molecule has 0 N–H and O–H groups in total. The van der Waals surface area contributed by atoms with Crippen molar-refractivity contribution in [1.29, 1.82) is 0 Å². The highest BCUT2D eigenvalue weighted by Crippen LogP contribution is 2.53. The zero-order chi connectivity index (χ0) is 17.5. The number of piperidine rings is 1. The fourth-order valence-electron chi connectivity index (χ4n) is 4.82. The maximum absolute atomic E-state index is 12.9. The van der Waals surface area contributed by atoms with Crippen molar-refractivity contribution in [2.45, 2.75) is 43.2 Å². The number of esters is 1. The van der Waals surface area contributed by atoms with Gasteiger partial charge in [-0.25, -0.2) is 0 Å². The molecule has 130 valence electrons. The van der Waals surface area contributed by atoms with Gasteiger partial charge < -0.3 is 4.74 Å². The molecule has 1 aromatic carbocycles. The molecule has 0 aromatic heterocycles. The van der Waals surface area contributed by atoms with Crippen LogP contribution in [0.25, 0.3) is 0 Å². The Labute approximate surface area is 162 Å². The molecule has 2 atom stereocenters. The standard InChI is InChI=1S/C19H24ClINO2/c1-13(12-21)22(2)16-8-9-17(22)11-19(10-16,18(23)24-3)14-4-6-15(20)7-5-14/h4-7,16-17H,1,8-12H2,2-3H3/q+1. The van der Waals surface area contributed by atoms with Gasteiger partial charge in [-0.3, -0.25) is 9.28 Å². The van der Waals surface area contributed by atoms with Gasteiger partial charge in [0.05, 0.1) is 30.7 Å². The minimum absolute atomic E-state index is 0.118. The monoisotopic (exact) mass is 460 g/mol. The van der Waals surface area contributed by atoms with Crippen LogP contribution in [0.15, 0.2) is 36.5 Å². The van der Waals surface area contributed by atoms with Crippen LogP contribution < -0.4 is 0 Å². The van der Waals surface area contributed by atoms with Crippen LogP contribution in [0.2, 0.25) is 5.02 Å². The highest BCUT2D eigenvalue weighted by Gasteiger charge is 2.61. The number of carbonyl (C=O) groups is 1. The summed E-state index contributed by atoms with van der Waals surface area (Å²) < 4.78 is 7.12. The van der Waals surface area contributed by atoms with E-state index in [0.717, 1.165) is 40.2 Å². The number of alkyl halides is 1. The molecule has 1 aromatic rings. The number of benzene rings is 1. The molecule has 0 aliphatic carbocycles. The molecule has 3 nitrogen and oxygen atoms in total. The third-order valence-electron chi connectivity index (χ3n) is 6.33. The summed E-state index contributed by atoms with van der Waals surface area (Å²) in [5, 5.41) is 0.691. The second-order valence-electron chi connectivity index (χ2n) is 7.22. The predicted octanol–water partition coefficient (Wildman–Crippen LogP) is 4.47. The van der Waals surface area contributed by atoms with E-state index in [-0.39, 0.29) is 5.97 Å². The quantitative estimate of drug-likeness (QED) is 0.287. The van der Waals surface area contributed by atoms with Gasteiger partial charge in [0, 0.05) is 30.7 Å². The lowest BCUT2D eigenvalue weighted by atomic mass is 9.69. The number of halogens is 2. The van der Waals surface area contributed by atoms with Gasteiger partial charge in [-0.15, -0.1) is 0 Å². The van der Waals surface area contributed by atoms with Crippen LogP contribution in [0.4, 0.5) is 0 Å². The smallest absolute Gasteiger partial charge is 0.316 e. The van der Waals surface area contributed by atoms with E-state index in [4.69, 9.17) is 16.3 Å². The first-order valence-electron chi connectivity index (χ1n) is 8.33. The number of ether oxygens (including phenoxy) is 1. The van der Waals surface area contributed by atoms with Gasteiger partial charge in [0.2, 0.25) is 0 Å². The molecular weight excluding hydrogens is 437 g/mol. The van der Waals surface area contributed by atoms with Crippen molar-refractivity contribution in [2.24, 2.45) is 0 Å². The average Bonchev–Trinajstić information content (AvgIpc) is 2.78. The summed E-state index contributed by atoms with van der Waals surface area (Å²) in [5.74, 6) is -0.118. The Morgan fingerprint density at radius 3 is 2.33 bits per heavy atom. The number of carbonyl (C=O) groups excluding carboxylic acids is 1. The van der Waals surface area contributed by atoms with E-state index in [1.165, 1.54) is 12.8 Å². The largest absolute Gasteiger partial charge is 0.468 e. The van der Waals surface area contributed by atoms with Gasteiger partial charge in [0.1, 0.15) is 11.1 Å². The lowest BCUT2D eigenvalue weighted by Crippen LogP contribution is -2.62. The van der Waals surface area contributed by atoms with Crippen LogP contribution in [0.5, 0.6) is 0 Å². The highest BCUT2D eigenvalue weighted by molar-refractivity contribution is 14.1. The second kappa shape index (κ2) is 6.61. The number of quaternary nitrogens is 1. The SMILES string of the molecule is C=C(CI)[N+]1(C)C2CCC1CC(C(=O)OC)(c1ccc(Cl)cc1)C2. The number of nitrogens with zero attached hydrogens (tertiary/aromatic N) is 1. The topological polar surface area (TPSA) is 26.3 Å². The van der Waals surface area contributed by atoms with Crippen molar-refractivity contribution in [3.05, 3.63) is 47.1 Å². The number of methoxy groups -OCH3 is 1. The normalized spacial score (nSPS) is 34.8. The summed E-state index contributed by atoms with van der Waals surface area (Å²) in [6, 6.07) is 8.55. The summed E-state index contributed by atoms with van der Waals surface area (Å²) in [6.07, 6.45) is 3.90. The minimum atomic E-state index is -0.561. The van der Waals surface area contributed by atoms with Crippen LogP contribution in [-0.2, 0) is 14.9 Å². The van der Waals surface area contributed by atoms with E-state index in [0.29, 0.717) is 17.1 Å². The fourth-order valence-corrected chi connectivity index (χ4v) is 5.68. The van der Waals surface area contributed by atoms with Crippen molar-refractivity contribution < 1.29 is 14.0 Å². The summed E-state index contributed by atoms with van der Waals surface area (Å²) in [4.78, 5) is 12.9. The van der Waals surface area contributed by atoms with Crippen LogP contribution in [0.1, 0.15) is 31.2 Å². The number of rotatable bonds is 4. The molecule has 5 heteroatoms. The number of hydrogen-bond donors (Lipinski definition) is 0. The van der Waals surface area contributed by atoms with E-state index in [1.807, 2.05) is 24.3 Å². The molecule has 0 spiro atoms. The van der Waals surface area contributed by atoms with Crippen molar-refractivity contribution in [3.63, 3.8) is 0 Å². The lowest BCUT2D eigenvalue weighted by molar-refractivity contribution is -0.913. The first-order valence-corrected chi connectivity index (χ1v) is 10.2. The molecule has 24 heavy (non-hydrogen) atoms. The van der Waals surface area contributed by atoms with Crippen LogP contribution >= 0.6 is 34.2 Å². The molecule has 0 radical (unpaired) electrons. The molecule has 2 aliphatic rings. The van der Waals surface area contributed by atoms with Gasteiger partial charge in [-0.1, -0.05) is 46.3 Å².